The number of nitrogens with zero attached hydrogens (tertiary/aromatic N) is 1. The van der Waals surface area contributed by atoms with E-state index in [0.717, 1.165) is 12.1 Å². The number of hydrogen-bond donors (Lipinski definition) is 2. The number of benzene rings is 2. The van der Waals surface area contributed by atoms with Crippen LogP contribution in [0.15, 0.2) is 70.4 Å². The van der Waals surface area contributed by atoms with Gasteiger partial charge in [-0.2, -0.15) is 13.2 Å². The van der Waals surface area contributed by atoms with E-state index in [4.69, 9.17) is 21.1 Å². The van der Waals surface area contributed by atoms with Crippen molar-refractivity contribution in [3.8, 4) is 23.0 Å². The van der Waals surface area contributed by atoms with Crippen molar-refractivity contribution in [2.24, 2.45) is 0 Å². The molecule has 0 radical (unpaired) electrons. The summed E-state index contributed by atoms with van der Waals surface area (Å²) in [5, 5.41) is 4.65. The SMILES string of the molecule is CNC(=O)c1ccc(Oc2ccc(Nc3c(Oc4ccc(Cl)c(C(F)(F)F)c4)c(=O)c3=O)cc2)cn1. The number of carbonyl (C=O) groups excluding carboxylic acids is 1. The summed E-state index contributed by atoms with van der Waals surface area (Å²) < 4.78 is 50.2. The molecule has 0 unspecified atom stereocenters. The van der Waals surface area contributed by atoms with Gasteiger partial charge in [0.25, 0.3) is 16.8 Å². The summed E-state index contributed by atoms with van der Waals surface area (Å²) in [6.07, 6.45) is -3.35. The Morgan fingerprint density at radius 3 is 2.19 bits per heavy atom. The van der Waals surface area contributed by atoms with Gasteiger partial charge in [0.15, 0.2) is 0 Å². The van der Waals surface area contributed by atoms with E-state index in [1.54, 1.807) is 30.3 Å². The number of alkyl halides is 3. The molecule has 8 nitrogen and oxygen atoms in total. The average Bonchev–Trinajstić information content (AvgIpc) is 2.87. The van der Waals surface area contributed by atoms with Crippen LogP contribution >= 0.6 is 11.6 Å². The number of aromatic nitrogens is 1. The summed E-state index contributed by atoms with van der Waals surface area (Å²) >= 11 is 5.59. The van der Waals surface area contributed by atoms with Crippen LogP contribution in [0.25, 0.3) is 0 Å². The Labute approximate surface area is 206 Å². The Morgan fingerprint density at radius 1 is 0.917 bits per heavy atom. The van der Waals surface area contributed by atoms with E-state index in [9.17, 15) is 27.6 Å². The van der Waals surface area contributed by atoms with Crippen molar-refractivity contribution in [3.63, 3.8) is 0 Å². The Bertz CT molecular complexity index is 1500. The monoisotopic (exact) mass is 517 g/mol. The quantitative estimate of drug-likeness (QED) is 0.331. The third kappa shape index (κ3) is 5.15. The predicted molar refractivity (Wildman–Crippen MR) is 125 cm³/mol. The van der Waals surface area contributed by atoms with Gasteiger partial charge in [0, 0.05) is 12.7 Å². The van der Waals surface area contributed by atoms with E-state index in [0.29, 0.717) is 23.3 Å². The van der Waals surface area contributed by atoms with Gasteiger partial charge >= 0.3 is 6.18 Å². The Balaban J connectivity index is 1.47. The normalized spacial score (nSPS) is 11.2. The highest BCUT2D eigenvalue weighted by atomic mass is 35.5. The second-order valence-electron chi connectivity index (χ2n) is 7.31. The van der Waals surface area contributed by atoms with Gasteiger partial charge in [-0.25, -0.2) is 4.98 Å². The van der Waals surface area contributed by atoms with E-state index in [1.807, 2.05) is 0 Å². The predicted octanol–water partition coefficient (Wildman–Crippen LogP) is 5.04. The van der Waals surface area contributed by atoms with Gasteiger partial charge in [-0.1, -0.05) is 11.6 Å². The summed E-state index contributed by atoms with van der Waals surface area (Å²) in [6.45, 7) is 0. The lowest BCUT2D eigenvalue weighted by molar-refractivity contribution is -0.137. The Morgan fingerprint density at radius 2 is 1.58 bits per heavy atom. The first-order valence-corrected chi connectivity index (χ1v) is 10.6. The topological polar surface area (TPSA) is 107 Å². The highest BCUT2D eigenvalue weighted by Crippen LogP contribution is 2.38. The molecule has 0 aliphatic heterocycles. The molecule has 0 atom stereocenters. The lowest BCUT2D eigenvalue weighted by Gasteiger charge is -2.16. The molecule has 0 bridgehead atoms. The van der Waals surface area contributed by atoms with E-state index in [2.05, 4.69) is 15.6 Å². The van der Waals surface area contributed by atoms with Crippen molar-refractivity contribution >= 4 is 28.9 Å². The Kier molecular flexibility index (Phi) is 6.67. The number of rotatable bonds is 7. The highest BCUT2D eigenvalue weighted by Gasteiger charge is 2.34. The van der Waals surface area contributed by atoms with Crippen molar-refractivity contribution in [1.29, 1.82) is 0 Å². The van der Waals surface area contributed by atoms with Gasteiger partial charge in [-0.15, -0.1) is 0 Å². The summed E-state index contributed by atoms with van der Waals surface area (Å²) in [7, 11) is 1.49. The number of halogens is 4. The smallest absolute Gasteiger partial charge is 0.417 e. The minimum atomic E-state index is -4.72. The number of carbonyl (C=O) groups is 1. The second kappa shape index (κ2) is 9.70. The minimum absolute atomic E-state index is 0.203. The van der Waals surface area contributed by atoms with Crippen LogP contribution in [0.4, 0.5) is 24.5 Å². The van der Waals surface area contributed by atoms with Gasteiger partial charge in [0.05, 0.1) is 16.8 Å². The van der Waals surface area contributed by atoms with Crippen molar-refractivity contribution in [3.05, 3.63) is 97.5 Å². The van der Waals surface area contributed by atoms with Crippen molar-refractivity contribution in [2.75, 3.05) is 12.4 Å². The van der Waals surface area contributed by atoms with Crippen LogP contribution in [-0.2, 0) is 6.18 Å². The number of ether oxygens (including phenoxy) is 2. The lowest BCUT2D eigenvalue weighted by atomic mass is 10.2. The summed E-state index contributed by atoms with van der Waals surface area (Å²) in [5.74, 6) is -0.268. The molecule has 0 spiro atoms. The molecule has 1 heterocycles. The maximum Gasteiger partial charge on any atom is 0.417 e. The zero-order chi connectivity index (χ0) is 26.0. The maximum atomic E-state index is 13.1. The third-order valence-electron chi connectivity index (χ3n) is 4.89. The summed E-state index contributed by atoms with van der Waals surface area (Å²) in [6, 6.07) is 12.1. The molecular weight excluding hydrogens is 503 g/mol. The number of hydrogen-bond acceptors (Lipinski definition) is 7. The molecule has 4 aromatic rings. The number of pyridine rings is 1. The van der Waals surface area contributed by atoms with Crippen LogP contribution in [-0.4, -0.2) is 17.9 Å². The zero-order valence-corrected chi connectivity index (χ0v) is 19.0. The van der Waals surface area contributed by atoms with Crippen molar-refractivity contribution in [2.45, 2.75) is 6.18 Å². The minimum Gasteiger partial charge on any atom is -0.456 e. The molecule has 1 aromatic heterocycles. The van der Waals surface area contributed by atoms with E-state index in [1.165, 1.54) is 19.3 Å². The maximum absolute atomic E-state index is 13.1. The van der Waals surface area contributed by atoms with E-state index in [-0.39, 0.29) is 23.0 Å². The molecule has 0 saturated heterocycles. The fourth-order valence-corrected chi connectivity index (χ4v) is 3.30. The van der Waals surface area contributed by atoms with Gasteiger partial charge in [0.2, 0.25) is 5.75 Å². The molecular formula is C24H15ClF3N3O5. The largest absolute Gasteiger partial charge is 0.456 e. The first kappa shape index (κ1) is 24.7. The van der Waals surface area contributed by atoms with Crippen LogP contribution in [0, 0.1) is 0 Å². The van der Waals surface area contributed by atoms with Crippen LogP contribution in [0.5, 0.6) is 23.0 Å². The number of anilines is 2. The van der Waals surface area contributed by atoms with Crippen LogP contribution in [0.1, 0.15) is 16.1 Å². The van der Waals surface area contributed by atoms with Gasteiger partial charge < -0.3 is 20.1 Å². The van der Waals surface area contributed by atoms with Crippen LogP contribution < -0.4 is 31.0 Å². The average molecular weight is 518 g/mol. The van der Waals surface area contributed by atoms with Crippen molar-refractivity contribution < 1.29 is 27.4 Å². The highest BCUT2D eigenvalue weighted by molar-refractivity contribution is 6.31. The molecule has 36 heavy (non-hydrogen) atoms. The standard InChI is InChI=1S/C24H15ClF3N3O5/c1-29-23(34)18-9-7-15(11-30-18)35-13-4-2-12(3-5-13)31-19-20(32)21(33)22(19)36-14-6-8-17(25)16(10-14)24(26,27)28/h2-11,31H,1H3,(H,29,34). The number of amides is 1. The van der Waals surface area contributed by atoms with Gasteiger partial charge in [0.1, 0.15) is 28.6 Å². The molecule has 0 fully saturated rings. The molecule has 184 valence electrons. The van der Waals surface area contributed by atoms with Gasteiger partial charge in [-0.3, -0.25) is 14.4 Å². The Hall–Kier alpha value is -4.38. The molecule has 4 rings (SSSR count). The first-order chi connectivity index (χ1) is 17.1. The first-order valence-electron chi connectivity index (χ1n) is 10.2. The fraction of sp³-hybridized carbons (Fsp3) is 0.0833. The van der Waals surface area contributed by atoms with Crippen LogP contribution in [0.3, 0.4) is 0 Å². The zero-order valence-electron chi connectivity index (χ0n) is 18.3. The summed E-state index contributed by atoms with van der Waals surface area (Å²) in [5.41, 5.74) is -2.58. The molecule has 0 aliphatic carbocycles. The molecule has 0 aliphatic rings. The van der Waals surface area contributed by atoms with E-state index >= 15 is 0 Å². The molecule has 12 heteroatoms. The third-order valence-corrected chi connectivity index (χ3v) is 5.21. The van der Waals surface area contributed by atoms with Gasteiger partial charge in [-0.05, 0) is 54.6 Å². The second-order valence-corrected chi connectivity index (χ2v) is 7.72. The molecule has 1 amide bonds. The van der Waals surface area contributed by atoms with E-state index < -0.39 is 33.4 Å². The van der Waals surface area contributed by atoms with Crippen LogP contribution in [0.2, 0.25) is 5.02 Å². The molecule has 3 aromatic carbocycles. The fourth-order valence-electron chi connectivity index (χ4n) is 3.07. The van der Waals surface area contributed by atoms with Crippen molar-refractivity contribution in [1.82, 2.24) is 10.3 Å². The number of nitrogens with one attached hydrogen (secondary N) is 2. The molecule has 0 saturated carbocycles. The lowest BCUT2D eigenvalue weighted by Crippen LogP contribution is -2.34. The summed E-state index contributed by atoms with van der Waals surface area (Å²) in [4.78, 5) is 39.6. The molecule has 2 N–H and O–H groups in total.